The summed E-state index contributed by atoms with van der Waals surface area (Å²) >= 11 is 5.88. The van der Waals surface area contributed by atoms with Gasteiger partial charge in [-0.2, -0.15) is 5.10 Å². The Morgan fingerprint density at radius 3 is 2.18 bits per heavy atom. The second-order valence-electron chi connectivity index (χ2n) is 7.05. The van der Waals surface area contributed by atoms with Gasteiger partial charge < -0.3 is 5.32 Å². The minimum absolute atomic E-state index is 0.0695. The molecular weight excluding hydrogens is 374 g/mol. The molecule has 28 heavy (non-hydrogen) atoms. The summed E-state index contributed by atoms with van der Waals surface area (Å²) in [6.07, 6.45) is 5.36. The lowest BCUT2D eigenvalue weighted by molar-refractivity contribution is -0.120. The Morgan fingerprint density at radius 2 is 1.54 bits per heavy atom. The summed E-state index contributed by atoms with van der Waals surface area (Å²) in [5.74, 6) is -0.138. The molecule has 6 heteroatoms. The zero-order valence-corrected chi connectivity index (χ0v) is 16.6. The van der Waals surface area contributed by atoms with E-state index in [0.29, 0.717) is 22.0 Å². The van der Waals surface area contributed by atoms with Crippen molar-refractivity contribution >= 4 is 34.8 Å². The zero-order chi connectivity index (χ0) is 19.9. The quantitative estimate of drug-likeness (QED) is 0.549. The molecule has 0 heterocycles. The third-order valence-corrected chi connectivity index (χ3v) is 5.23. The fraction of sp³-hybridized carbons (Fsp3) is 0.318. The molecule has 146 valence electrons. The molecule has 1 fully saturated rings. The van der Waals surface area contributed by atoms with Crippen LogP contribution in [0.1, 0.15) is 54.9 Å². The number of hydrogen-bond acceptors (Lipinski definition) is 3. The third-order valence-electron chi connectivity index (χ3n) is 4.98. The Kier molecular flexibility index (Phi) is 6.82. The number of amides is 2. The van der Waals surface area contributed by atoms with Gasteiger partial charge in [-0.3, -0.25) is 9.59 Å². The van der Waals surface area contributed by atoms with Crippen molar-refractivity contribution < 1.29 is 9.59 Å². The highest BCUT2D eigenvalue weighted by atomic mass is 35.5. The molecule has 2 amide bonds. The van der Waals surface area contributed by atoms with Gasteiger partial charge in [0, 0.05) is 22.2 Å². The number of rotatable bonds is 5. The highest BCUT2D eigenvalue weighted by Gasteiger charge is 2.21. The maximum absolute atomic E-state index is 12.3. The third kappa shape index (κ3) is 5.42. The van der Waals surface area contributed by atoms with Crippen LogP contribution in [0.4, 0.5) is 5.69 Å². The number of benzene rings is 2. The van der Waals surface area contributed by atoms with Crippen LogP contribution in [0.15, 0.2) is 53.6 Å². The predicted octanol–water partition coefficient (Wildman–Crippen LogP) is 5.01. The van der Waals surface area contributed by atoms with Gasteiger partial charge in [0.2, 0.25) is 5.91 Å². The maximum atomic E-state index is 12.3. The fourth-order valence-electron chi connectivity index (χ4n) is 3.27. The molecule has 1 aliphatic rings. The second-order valence-corrected chi connectivity index (χ2v) is 7.48. The molecule has 0 saturated heterocycles. The summed E-state index contributed by atoms with van der Waals surface area (Å²) in [5.41, 5.74) is 5.29. The van der Waals surface area contributed by atoms with E-state index in [1.807, 2.05) is 19.1 Å². The van der Waals surface area contributed by atoms with Crippen LogP contribution in [0.3, 0.4) is 0 Å². The molecule has 1 saturated carbocycles. The minimum atomic E-state index is -0.307. The van der Waals surface area contributed by atoms with Crippen molar-refractivity contribution in [2.75, 3.05) is 5.32 Å². The first kappa shape index (κ1) is 20.1. The molecule has 0 aromatic heterocycles. The van der Waals surface area contributed by atoms with Crippen molar-refractivity contribution in [3.63, 3.8) is 0 Å². The van der Waals surface area contributed by atoms with Crippen molar-refractivity contribution in [3.05, 3.63) is 64.7 Å². The normalized spacial score (nSPS) is 15.1. The van der Waals surface area contributed by atoms with Gasteiger partial charge in [-0.15, -0.1) is 0 Å². The molecule has 5 nitrogen and oxygen atoms in total. The van der Waals surface area contributed by atoms with Gasteiger partial charge in [-0.05, 0) is 61.7 Å². The molecule has 0 radical (unpaired) electrons. The average Bonchev–Trinajstić information content (AvgIpc) is 2.73. The van der Waals surface area contributed by atoms with E-state index >= 15 is 0 Å². The minimum Gasteiger partial charge on any atom is -0.326 e. The molecule has 2 aromatic carbocycles. The molecule has 0 bridgehead atoms. The Morgan fingerprint density at radius 1 is 0.929 bits per heavy atom. The van der Waals surface area contributed by atoms with E-state index in [0.717, 1.165) is 31.2 Å². The van der Waals surface area contributed by atoms with Gasteiger partial charge >= 0.3 is 0 Å². The topological polar surface area (TPSA) is 70.6 Å². The van der Waals surface area contributed by atoms with Gasteiger partial charge in [0.15, 0.2) is 0 Å². The average molecular weight is 398 g/mol. The van der Waals surface area contributed by atoms with Crippen LogP contribution in [-0.4, -0.2) is 17.5 Å². The van der Waals surface area contributed by atoms with Crippen LogP contribution in [-0.2, 0) is 4.79 Å². The SMILES string of the molecule is CC(=NNC(=O)c1ccc(NC(=O)C2CCCCC2)cc1)c1ccc(Cl)cc1. The summed E-state index contributed by atoms with van der Waals surface area (Å²) in [7, 11) is 0. The standard InChI is InChI=1S/C22H24ClN3O2/c1-15(16-7-11-19(23)12-8-16)25-26-22(28)18-9-13-20(14-10-18)24-21(27)17-5-3-2-4-6-17/h7-14,17H,2-6H2,1H3,(H,24,27)(H,26,28). The van der Waals surface area contributed by atoms with Gasteiger partial charge in [0.25, 0.3) is 5.91 Å². The Balaban J connectivity index is 1.56. The van der Waals surface area contributed by atoms with Crippen molar-refractivity contribution in [3.8, 4) is 0 Å². The van der Waals surface area contributed by atoms with Crippen LogP contribution in [0.2, 0.25) is 5.02 Å². The monoisotopic (exact) mass is 397 g/mol. The number of carbonyl (C=O) groups is 2. The number of hydrazone groups is 1. The van der Waals surface area contributed by atoms with Crippen molar-refractivity contribution in [2.24, 2.45) is 11.0 Å². The molecule has 1 aliphatic carbocycles. The van der Waals surface area contributed by atoms with E-state index in [1.165, 1.54) is 6.42 Å². The van der Waals surface area contributed by atoms with Gasteiger partial charge in [-0.1, -0.05) is 43.0 Å². The Bertz CT molecular complexity index is 854. The number of carbonyl (C=O) groups excluding carboxylic acids is 2. The van der Waals surface area contributed by atoms with Gasteiger partial charge in [0.1, 0.15) is 0 Å². The van der Waals surface area contributed by atoms with E-state index in [2.05, 4.69) is 15.8 Å². The van der Waals surface area contributed by atoms with Crippen LogP contribution in [0.25, 0.3) is 0 Å². The van der Waals surface area contributed by atoms with Crippen LogP contribution in [0, 0.1) is 5.92 Å². The zero-order valence-electron chi connectivity index (χ0n) is 15.9. The molecule has 3 rings (SSSR count). The number of nitrogens with zero attached hydrogens (tertiary/aromatic N) is 1. The first-order valence-corrected chi connectivity index (χ1v) is 9.92. The van der Waals surface area contributed by atoms with E-state index in [9.17, 15) is 9.59 Å². The molecular formula is C22H24ClN3O2. The summed E-state index contributed by atoms with van der Waals surface area (Å²) in [4.78, 5) is 24.6. The van der Waals surface area contributed by atoms with Crippen molar-refractivity contribution in [1.82, 2.24) is 5.43 Å². The van der Waals surface area contributed by atoms with E-state index in [-0.39, 0.29) is 17.7 Å². The summed E-state index contributed by atoms with van der Waals surface area (Å²) < 4.78 is 0. The molecule has 2 aromatic rings. The van der Waals surface area contributed by atoms with E-state index < -0.39 is 0 Å². The van der Waals surface area contributed by atoms with Crippen molar-refractivity contribution in [1.29, 1.82) is 0 Å². The lowest BCUT2D eigenvalue weighted by Crippen LogP contribution is -2.24. The molecule has 0 atom stereocenters. The highest BCUT2D eigenvalue weighted by Crippen LogP contribution is 2.25. The highest BCUT2D eigenvalue weighted by molar-refractivity contribution is 6.30. The first-order valence-electron chi connectivity index (χ1n) is 9.54. The van der Waals surface area contributed by atoms with E-state index in [4.69, 9.17) is 11.6 Å². The Hall–Kier alpha value is -2.66. The number of nitrogens with one attached hydrogen (secondary N) is 2. The van der Waals surface area contributed by atoms with Crippen LogP contribution < -0.4 is 10.7 Å². The van der Waals surface area contributed by atoms with Gasteiger partial charge in [0.05, 0.1) is 5.71 Å². The summed E-state index contributed by atoms with van der Waals surface area (Å²) in [6, 6.07) is 14.1. The first-order chi connectivity index (χ1) is 13.5. The smallest absolute Gasteiger partial charge is 0.271 e. The number of hydrogen-bond donors (Lipinski definition) is 2. The van der Waals surface area contributed by atoms with Crippen molar-refractivity contribution in [2.45, 2.75) is 39.0 Å². The molecule has 2 N–H and O–H groups in total. The molecule has 0 aliphatic heterocycles. The largest absolute Gasteiger partial charge is 0.326 e. The Labute approximate surface area is 170 Å². The number of anilines is 1. The maximum Gasteiger partial charge on any atom is 0.271 e. The lowest BCUT2D eigenvalue weighted by Gasteiger charge is -2.20. The van der Waals surface area contributed by atoms with Crippen LogP contribution >= 0.6 is 11.6 Å². The number of halogens is 1. The fourth-order valence-corrected chi connectivity index (χ4v) is 3.39. The molecule has 0 unspecified atom stereocenters. The summed E-state index contributed by atoms with van der Waals surface area (Å²) in [6.45, 7) is 1.81. The molecule has 0 spiro atoms. The van der Waals surface area contributed by atoms with E-state index in [1.54, 1.807) is 36.4 Å². The van der Waals surface area contributed by atoms with Gasteiger partial charge in [-0.25, -0.2) is 5.43 Å². The predicted molar refractivity (Wildman–Crippen MR) is 113 cm³/mol. The van der Waals surface area contributed by atoms with Crippen LogP contribution in [0.5, 0.6) is 0 Å². The summed E-state index contributed by atoms with van der Waals surface area (Å²) in [5, 5.41) is 7.73. The second kappa shape index (κ2) is 9.51. The lowest BCUT2D eigenvalue weighted by atomic mass is 9.88.